The van der Waals surface area contributed by atoms with Crippen molar-refractivity contribution < 1.29 is 13.2 Å². The highest BCUT2D eigenvalue weighted by Gasteiger charge is 2.16. The number of carbonyl (C=O) groups excluding carboxylic acids is 1. The number of amides is 1. The molecule has 0 radical (unpaired) electrons. The fourth-order valence-electron chi connectivity index (χ4n) is 2.64. The van der Waals surface area contributed by atoms with Crippen molar-refractivity contribution in [2.45, 2.75) is 33.1 Å². The van der Waals surface area contributed by atoms with Crippen LogP contribution in [0.1, 0.15) is 49.2 Å². The third-order valence-corrected chi connectivity index (χ3v) is 6.21. The second kappa shape index (κ2) is 8.60. The topological polar surface area (TPSA) is 79.4 Å². The van der Waals surface area contributed by atoms with E-state index in [0.29, 0.717) is 25.1 Å². The number of pyridine rings is 1. The molecule has 142 valence electrons. The molecule has 0 saturated carbocycles. The lowest BCUT2D eigenvalue weighted by molar-refractivity contribution is 0.0954. The molecule has 1 aromatic carbocycles. The van der Waals surface area contributed by atoms with Gasteiger partial charge in [0.25, 0.3) is 5.91 Å². The highest BCUT2D eigenvalue weighted by Crippen LogP contribution is 2.22. The van der Waals surface area contributed by atoms with Gasteiger partial charge in [-0.25, -0.2) is 12.7 Å². The van der Waals surface area contributed by atoms with Crippen molar-refractivity contribution in [2.24, 2.45) is 0 Å². The molecule has 26 heavy (non-hydrogen) atoms. The summed E-state index contributed by atoms with van der Waals surface area (Å²) >= 11 is 0. The molecule has 6 nitrogen and oxygen atoms in total. The van der Waals surface area contributed by atoms with E-state index in [1.54, 1.807) is 14.0 Å². The van der Waals surface area contributed by atoms with Crippen LogP contribution in [0, 0.1) is 0 Å². The first-order valence-corrected chi connectivity index (χ1v) is 10.5. The smallest absolute Gasteiger partial charge is 0.252 e. The summed E-state index contributed by atoms with van der Waals surface area (Å²) in [6, 6.07) is 9.44. The molecule has 0 aliphatic heterocycles. The van der Waals surface area contributed by atoms with Crippen LogP contribution in [-0.2, 0) is 10.0 Å². The molecule has 0 bridgehead atoms. The Kier molecular flexibility index (Phi) is 6.72. The number of nitrogens with zero attached hydrogens (tertiary/aromatic N) is 2. The van der Waals surface area contributed by atoms with Crippen molar-refractivity contribution in [1.29, 1.82) is 0 Å². The largest absolute Gasteiger partial charge is 0.352 e. The summed E-state index contributed by atoms with van der Waals surface area (Å²) in [6.07, 6.45) is 0.557. The number of hydrogen-bond donors (Lipinski definition) is 1. The zero-order chi connectivity index (χ0) is 19.3. The van der Waals surface area contributed by atoms with Crippen LogP contribution in [-0.4, -0.2) is 49.5 Å². The number of rotatable bonds is 8. The fraction of sp³-hybridized carbons (Fsp3) is 0.474. The monoisotopic (exact) mass is 377 g/mol. The second-order valence-electron chi connectivity index (χ2n) is 6.60. The lowest BCUT2D eigenvalue weighted by Gasteiger charge is -2.16. The minimum absolute atomic E-state index is 0.0802. The summed E-state index contributed by atoms with van der Waals surface area (Å²) in [5.41, 5.74) is 2.29. The molecule has 1 N–H and O–H groups in total. The van der Waals surface area contributed by atoms with E-state index in [1.165, 1.54) is 4.31 Å². The van der Waals surface area contributed by atoms with Gasteiger partial charge in [0.1, 0.15) is 0 Å². The van der Waals surface area contributed by atoms with Crippen molar-refractivity contribution in [2.75, 3.05) is 25.9 Å². The lowest BCUT2D eigenvalue weighted by Crippen LogP contribution is -2.32. The molecule has 7 heteroatoms. The maximum absolute atomic E-state index is 12.7. The first-order chi connectivity index (χ1) is 12.3. The van der Waals surface area contributed by atoms with Crippen LogP contribution < -0.4 is 5.32 Å². The summed E-state index contributed by atoms with van der Waals surface area (Å²) < 4.78 is 24.8. The van der Waals surface area contributed by atoms with E-state index in [4.69, 9.17) is 0 Å². The number of para-hydroxylation sites is 1. The van der Waals surface area contributed by atoms with E-state index in [9.17, 15) is 13.2 Å². The van der Waals surface area contributed by atoms with Gasteiger partial charge in [0, 0.05) is 31.2 Å². The zero-order valence-electron chi connectivity index (χ0n) is 15.8. The Bertz CT molecular complexity index is 879. The van der Waals surface area contributed by atoms with Gasteiger partial charge in [-0.1, -0.05) is 32.0 Å². The SMILES string of the molecule is CCS(=O)(=O)N(C)CCCNC(=O)c1cc(C(C)C)nc2ccccc12. The van der Waals surface area contributed by atoms with Crippen LogP contribution in [0.5, 0.6) is 0 Å². The first kappa shape index (κ1) is 20.3. The van der Waals surface area contributed by atoms with E-state index in [0.717, 1.165) is 16.6 Å². The predicted octanol–water partition coefficient (Wildman–Crippen LogP) is 2.76. The molecule has 2 aromatic rings. The van der Waals surface area contributed by atoms with Crippen molar-refractivity contribution in [1.82, 2.24) is 14.6 Å². The molecule has 0 saturated heterocycles. The van der Waals surface area contributed by atoms with Crippen LogP contribution >= 0.6 is 0 Å². The van der Waals surface area contributed by atoms with Gasteiger partial charge in [-0.3, -0.25) is 9.78 Å². The van der Waals surface area contributed by atoms with Gasteiger partial charge in [-0.2, -0.15) is 0 Å². The minimum Gasteiger partial charge on any atom is -0.352 e. The summed E-state index contributed by atoms with van der Waals surface area (Å²) in [5, 5.41) is 3.71. The van der Waals surface area contributed by atoms with Crippen LogP contribution in [0.15, 0.2) is 30.3 Å². The Labute approximate surface area is 155 Å². The average molecular weight is 378 g/mol. The van der Waals surface area contributed by atoms with Crippen molar-refractivity contribution in [3.63, 3.8) is 0 Å². The van der Waals surface area contributed by atoms with Gasteiger partial charge in [-0.05, 0) is 31.4 Å². The molecular formula is C19H27N3O3S. The number of nitrogens with one attached hydrogen (secondary N) is 1. The number of aromatic nitrogens is 1. The summed E-state index contributed by atoms with van der Waals surface area (Å²) in [4.78, 5) is 17.3. The van der Waals surface area contributed by atoms with E-state index in [1.807, 2.05) is 44.2 Å². The molecule has 0 spiro atoms. The molecule has 0 atom stereocenters. The number of fused-ring (bicyclic) bond motifs is 1. The summed E-state index contributed by atoms with van der Waals surface area (Å²) in [5.74, 6) is 0.141. The Morgan fingerprint density at radius 3 is 2.62 bits per heavy atom. The Hall–Kier alpha value is -1.99. The highest BCUT2D eigenvalue weighted by atomic mass is 32.2. The number of carbonyl (C=O) groups is 1. The van der Waals surface area contributed by atoms with E-state index in [2.05, 4.69) is 10.3 Å². The van der Waals surface area contributed by atoms with Crippen LogP contribution in [0.2, 0.25) is 0 Å². The van der Waals surface area contributed by atoms with Gasteiger partial charge in [0.15, 0.2) is 0 Å². The van der Waals surface area contributed by atoms with Gasteiger partial charge >= 0.3 is 0 Å². The molecular weight excluding hydrogens is 350 g/mol. The number of benzene rings is 1. The quantitative estimate of drug-likeness (QED) is 0.718. The Morgan fingerprint density at radius 2 is 1.96 bits per heavy atom. The minimum atomic E-state index is -3.18. The molecule has 0 unspecified atom stereocenters. The number of hydrogen-bond acceptors (Lipinski definition) is 4. The molecule has 0 aliphatic rings. The van der Waals surface area contributed by atoms with Crippen molar-refractivity contribution >= 4 is 26.8 Å². The van der Waals surface area contributed by atoms with E-state index < -0.39 is 10.0 Å². The Morgan fingerprint density at radius 1 is 1.27 bits per heavy atom. The van der Waals surface area contributed by atoms with Gasteiger partial charge in [0.2, 0.25) is 10.0 Å². The van der Waals surface area contributed by atoms with Gasteiger partial charge in [0.05, 0.1) is 16.8 Å². The molecule has 0 fully saturated rings. The Balaban J connectivity index is 2.08. The molecule has 1 heterocycles. The molecule has 1 aromatic heterocycles. The third-order valence-electron chi connectivity index (χ3n) is 4.35. The lowest BCUT2D eigenvalue weighted by atomic mass is 10.0. The maximum atomic E-state index is 12.7. The second-order valence-corrected chi connectivity index (χ2v) is 8.96. The number of sulfonamides is 1. The van der Waals surface area contributed by atoms with Crippen LogP contribution in [0.3, 0.4) is 0 Å². The van der Waals surface area contributed by atoms with E-state index >= 15 is 0 Å². The first-order valence-electron chi connectivity index (χ1n) is 8.88. The maximum Gasteiger partial charge on any atom is 0.252 e. The van der Waals surface area contributed by atoms with Crippen molar-refractivity contribution in [3.8, 4) is 0 Å². The van der Waals surface area contributed by atoms with E-state index in [-0.39, 0.29) is 17.6 Å². The van der Waals surface area contributed by atoms with Crippen LogP contribution in [0.25, 0.3) is 10.9 Å². The fourth-order valence-corrected chi connectivity index (χ4v) is 3.49. The zero-order valence-corrected chi connectivity index (χ0v) is 16.6. The molecule has 0 aliphatic carbocycles. The van der Waals surface area contributed by atoms with Crippen molar-refractivity contribution in [3.05, 3.63) is 41.6 Å². The normalized spacial score (nSPS) is 12.1. The predicted molar refractivity (Wildman–Crippen MR) is 105 cm³/mol. The standard InChI is InChI=1S/C19H27N3O3S/c1-5-26(24,25)22(4)12-8-11-20-19(23)16-13-18(14(2)3)21-17-10-7-6-9-15(16)17/h6-7,9-10,13-14H,5,8,11-12H2,1-4H3,(H,20,23). The molecule has 1 amide bonds. The summed E-state index contributed by atoms with van der Waals surface area (Å²) in [6.45, 7) is 6.50. The molecule has 2 rings (SSSR count). The average Bonchev–Trinajstić information content (AvgIpc) is 2.63. The third kappa shape index (κ3) is 4.80. The van der Waals surface area contributed by atoms with Gasteiger partial charge < -0.3 is 5.32 Å². The van der Waals surface area contributed by atoms with Gasteiger partial charge in [-0.15, -0.1) is 0 Å². The summed E-state index contributed by atoms with van der Waals surface area (Å²) in [7, 11) is -1.62. The van der Waals surface area contributed by atoms with Crippen LogP contribution in [0.4, 0.5) is 0 Å². The highest BCUT2D eigenvalue weighted by molar-refractivity contribution is 7.89.